The average molecular weight is 487 g/mol. The van der Waals surface area contributed by atoms with Crippen LogP contribution in [0.2, 0.25) is 5.02 Å². The normalized spacial score (nSPS) is 10.8. The predicted molar refractivity (Wildman–Crippen MR) is 135 cm³/mol. The van der Waals surface area contributed by atoms with Crippen LogP contribution in [0.4, 0.5) is 16.2 Å². The van der Waals surface area contributed by atoms with Crippen molar-refractivity contribution in [3.63, 3.8) is 0 Å². The van der Waals surface area contributed by atoms with Gasteiger partial charge in [-0.1, -0.05) is 23.7 Å². The van der Waals surface area contributed by atoms with Gasteiger partial charge in [0.05, 0.1) is 16.8 Å². The molecule has 0 atom stereocenters. The number of hydrogen-bond acceptors (Lipinski definition) is 5. The van der Waals surface area contributed by atoms with Crippen LogP contribution in [-0.4, -0.2) is 33.9 Å². The molecule has 0 bridgehead atoms. The molecular weight excluding hydrogens is 468 g/mol. The van der Waals surface area contributed by atoms with Crippen molar-refractivity contribution in [2.24, 2.45) is 0 Å². The summed E-state index contributed by atoms with van der Waals surface area (Å²) in [5.41, 5.74) is 4.91. The highest BCUT2D eigenvalue weighted by Crippen LogP contribution is 2.31. The summed E-state index contributed by atoms with van der Waals surface area (Å²) in [5.74, 6) is 0.365. The quantitative estimate of drug-likeness (QED) is 0.259. The lowest BCUT2D eigenvalue weighted by Gasteiger charge is -2.07. The third kappa shape index (κ3) is 4.71. The van der Waals surface area contributed by atoms with Gasteiger partial charge in [0, 0.05) is 35.7 Å². The third-order valence-corrected chi connectivity index (χ3v) is 5.59. The molecule has 0 saturated heterocycles. The molecule has 3 heterocycles. The number of nitrogens with zero attached hydrogens (tertiary/aromatic N) is 2. The Balaban J connectivity index is 1.41. The standard InChI is InChI=1S/C25H19ClN6O3/c1-27-25(34)30-16-6-4-14(5-7-16)15-11-20-23(28-13-15)32-22(31-20)18-12-17(8-9-19(18)26)29-24(33)21-3-2-10-35-21/h2-13H,1H3,(H,29,33)(H2,27,30,34)(H,28,31,32). The molecule has 0 radical (unpaired) electrons. The van der Waals surface area contributed by atoms with Gasteiger partial charge >= 0.3 is 6.03 Å². The number of pyridine rings is 1. The van der Waals surface area contributed by atoms with Crippen molar-refractivity contribution in [2.75, 3.05) is 17.7 Å². The van der Waals surface area contributed by atoms with Crippen LogP contribution in [0, 0.1) is 0 Å². The maximum Gasteiger partial charge on any atom is 0.318 e. The molecular formula is C25H19ClN6O3. The van der Waals surface area contributed by atoms with E-state index in [1.54, 1.807) is 43.6 Å². The van der Waals surface area contributed by atoms with E-state index in [4.69, 9.17) is 16.0 Å². The highest BCUT2D eigenvalue weighted by molar-refractivity contribution is 6.33. The molecule has 0 saturated carbocycles. The lowest BCUT2D eigenvalue weighted by atomic mass is 10.1. The monoisotopic (exact) mass is 486 g/mol. The summed E-state index contributed by atoms with van der Waals surface area (Å²) in [6.07, 6.45) is 3.17. The number of benzene rings is 2. The lowest BCUT2D eigenvalue weighted by Crippen LogP contribution is -2.24. The van der Waals surface area contributed by atoms with Crippen molar-refractivity contribution in [1.29, 1.82) is 0 Å². The molecule has 0 spiro atoms. The van der Waals surface area contributed by atoms with Gasteiger partial charge in [-0.05, 0) is 54.1 Å². The highest BCUT2D eigenvalue weighted by Gasteiger charge is 2.14. The lowest BCUT2D eigenvalue weighted by molar-refractivity contribution is 0.0996. The number of rotatable bonds is 5. The Bertz CT molecular complexity index is 1530. The Morgan fingerprint density at radius 2 is 1.77 bits per heavy atom. The second-order valence-corrected chi connectivity index (χ2v) is 8.00. The zero-order chi connectivity index (χ0) is 24.4. The molecule has 5 rings (SSSR count). The van der Waals surface area contributed by atoms with Crippen molar-refractivity contribution >= 4 is 46.1 Å². The summed E-state index contributed by atoms with van der Waals surface area (Å²) in [6, 6.07) is 17.4. The maximum absolute atomic E-state index is 12.3. The number of urea groups is 1. The molecule has 2 aromatic carbocycles. The van der Waals surface area contributed by atoms with Crippen LogP contribution in [0.1, 0.15) is 10.6 Å². The number of anilines is 2. The number of halogens is 1. The number of furan rings is 1. The van der Waals surface area contributed by atoms with E-state index in [0.29, 0.717) is 33.4 Å². The van der Waals surface area contributed by atoms with Gasteiger partial charge in [0.25, 0.3) is 5.91 Å². The van der Waals surface area contributed by atoms with E-state index in [1.807, 2.05) is 30.3 Å². The molecule has 0 aliphatic carbocycles. The smallest absolute Gasteiger partial charge is 0.318 e. The molecule has 3 amide bonds. The zero-order valence-corrected chi connectivity index (χ0v) is 19.2. The molecule has 0 fully saturated rings. The fraction of sp³-hybridized carbons (Fsp3) is 0.0400. The first-order chi connectivity index (χ1) is 17.0. The SMILES string of the molecule is CNC(=O)Nc1ccc(-c2cnc3nc(-c4cc(NC(=O)c5ccco5)ccc4Cl)[nH]c3c2)cc1. The molecule has 9 nitrogen and oxygen atoms in total. The van der Waals surface area contributed by atoms with Gasteiger partial charge in [0.1, 0.15) is 5.82 Å². The summed E-state index contributed by atoms with van der Waals surface area (Å²) >= 11 is 6.44. The Labute approximate surface area is 204 Å². The van der Waals surface area contributed by atoms with Gasteiger partial charge in [0.2, 0.25) is 0 Å². The van der Waals surface area contributed by atoms with Crippen LogP contribution in [0.3, 0.4) is 0 Å². The predicted octanol–water partition coefficient (Wildman–Crippen LogP) is 5.54. The number of aromatic amines is 1. The second kappa shape index (κ2) is 9.32. The molecule has 3 aromatic heterocycles. The van der Waals surface area contributed by atoms with Crippen LogP contribution in [0.5, 0.6) is 0 Å². The fourth-order valence-electron chi connectivity index (χ4n) is 3.51. The van der Waals surface area contributed by atoms with Gasteiger partial charge in [-0.3, -0.25) is 4.79 Å². The summed E-state index contributed by atoms with van der Waals surface area (Å²) in [4.78, 5) is 36.1. The van der Waals surface area contributed by atoms with Gasteiger partial charge in [-0.2, -0.15) is 0 Å². The molecule has 174 valence electrons. The number of imidazole rings is 1. The maximum atomic E-state index is 12.3. The van der Waals surface area contributed by atoms with Crippen LogP contribution in [0.25, 0.3) is 33.7 Å². The van der Waals surface area contributed by atoms with E-state index in [0.717, 1.165) is 16.6 Å². The van der Waals surface area contributed by atoms with Crippen molar-refractivity contribution in [2.45, 2.75) is 0 Å². The van der Waals surface area contributed by atoms with Crippen LogP contribution in [0.15, 0.2) is 77.5 Å². The molecule has 35 heavy (non-hydrogen) atoms. The van der Waals surface area contributed by atoms with Gasteiger partial charge in [0.15, 0.2) is 11.4 Å². The second-order valence-electron chi connectivity index (χ2n) is 7.59. The van der Waals surface area contributed by atoms with Crippen LogP contribution >= 0.6 is 11.6 Å². The topological polar surface area (TPSA) is 125 Å². The number of nitrogens with one attached hydrogen (secondary N) is 4. The van der Waals surface area contributed by atoms with Gasteiger partial charge in [-0.15, -0.1) is 0 Å². The Morgan fingerprint density at radius 1 is 0.971 bits per heavy atom. The fourth-order valence-corrected chi connectivity index (χ4v) is 3.72. The number of carbonyl (C=O) groups excluding carboxylic acids is 2. The Kier molecular flexibility index (Phi) is 5.90. The minimum atomic E-state index is -0.365. The van der Waals surface area contributed by atoms with E-state index >= 15 is 0 Å². The van der Waals surface area contributed by atoms with Crippen LogP contribution in [-0.2, 0) is 0 Å². The average Bonchev–Trinajstić information content (AvgIpc) is 3.55. The number of amides is 3. The molecule has 0 aliphatic heterocycles. The van der Waals surface area contributed by atoms with Crippen LogP contribution < -0.4 is 16.0 Å². The van der Waals surface area contributed by atoms with E-state index < -0.39 is 0 Å². The first-order valence-electron chi connectivity index (χ1n) is 10.6. The molecule has 4 N–H and O–H groups in total. The van der Waals surface area contributed by atoms with E-state index in [9.17, 15) is 9.59 Å². The van der Waals surface area contributed by atoms with E-state index in [-0.39, 0.29) is 17.7 Å². The number of fused-ring (bicyclic) bond motifs is 1. The summed E-state index contributed by atoms with van der Waals surface area (Å²) in [7, 11) is 1.56. The minimum Gasteiger partial charge on any atom is -0.459 e. The molecule has 0 unspecified atom stereocenters. The van der Waals surface area contributed by atoms with Gasteiger partial charge in [-0.25, -0.2) is 14.8 Å². The first-order valence-corrected chi connectivity index (χ1v) is 11.0. The zero-order valence-electron chi connectivity index (χ0n) is 18.4. The minimum absolute atomic E-state index is 0.208. The van der Waals surface area contributed by atoms with E-state index in [2.05, 4.69) is 30.9 Å². The Hall–Kier alpha value is -4.63. The van der Waals surface area contributed by atoms with Crippen molar-refractivity contribution in [3.8, 4) is 22.5 Å². The molecule has 5 aromatic rings. The van der Waals surface area contributed by atoms with E-state index in [1.165, 1.54) is 6.26 Å². The number of H-pyrrole nitrogens is 1. The highest BCUT2D eigenvalue weighted by atomic mass is 35.5. The molecule has 0 aliphatic rings. The summed E-state index contributed by atoms with van der Waals surface area (Å²) < 4.78 is 5.14. The number of hydrogen-bond donors (Lipinski definition) is 4. The number of carbonyl (C=O) groups is 2. The van der Waals surface area contributed by atoms with Gasteiger partial charge < -0.3 is 25.4 Å². The van der Waals surface area contributed by atoms with Crippen molar-refractivity contribution in [3.05, 3.63) is 83.9 Å². The molecule has 10 heteroatoms. The summed E-state index contributed by atoms with van der Waals surface area (Å²) in [5, 5.41) is 8.50. The summed E-state index contributed by atoms with van der Waals surface area (Å²) in [6.45, 7) is 0. The van der Waals surface area contributed by atoms with Crippen molar-refractivity contribution < 1.29 is 14.0 Å². The first kappa shape index (κ1) is 22.2. The Morgan fingerprint density at radius 3 is 2.51 bits per heavy atom. The number of aromatic nitrogens is 3. The van der Waals surface area contributed by atoms with Crippen molar-refractivity contribution in [1.82, 2.24) is 20.3 Å². The largest absolute Gasteiger partial charge is 0.459 e. The third-order valence-electron chi connectivity index (χ3n) is 5.26.